The highest BCUT2D eigenvalue weighted by molar-refractivity contribution is 9.10. The van der Waals surface area contributed by atoms with Gasteiger partial charge in [0.2, 0.25) is 9.84 Å². The van der Waals surface area contributed by atoms with Crippen molar-refractivity contribution in [2.24, 2.45) is 0 Å². The lowest BCUT2D eigenvalue weighted by atomic mass is 10.2. The molecule has 2 rings (SSSR count). The van der Waals surface area contributed by atoms with Crippen molar-refractivity contribution in [1.29, 1.82) is 0 Å². The molecule has 0 spiro atoms. The van der Waals surface area contributed by atoms with Crippen LogP contribution >= 0.6 is 39.1 Å². The molecule has 0 amide bonds. The van der Waals surface area contributed by atoms with Crippen molar-refractivity contribution in [3.8, 4) is 0 Å². The molecule has 0 radical (unpaired) electrons. The Labute approximate surface area is 136 Å². The number of benzene rings is 2. The molecule has 0 unspecified atom stereocenters. The van der Waals surface area contributed by atoms with Gasteiger partial charge in [-0.05, 0) is 29.8 Å². The fourth-order valence-corrected chi connectivity index (χ4v) is 3.83. The van der Waals surface area contributed by atoms with E-state index in [0.29, 0.717) is 5.56 Å². The molecule has 0 aromatic heterocycles. The second-order valence-corrected chi connectivity index (χ2v) is 7.70. The fourth-order valence-electron chi connectivity index (χ4n) is 1.56. The first kappa shape index (κ1) is 15.6. The maximum absolute atomic E-state index is 12.3. The molecular formula is C14H9BrCl2O2S. The maximum Gasteiger partial charge on any atom is 0.218 e. The van der Waals surface area contributed by atoms with Crippen LogP contribution in [0.3, 0.4) is 0 Å². The lowest BCUT2D eigenvalue weighted by Gasteiger charge is -2.06. The fraction of sp³-hybridized carbons (Fsp3) is 0. The van der Waals surface area contributed by atoms with Crippen molar-refractivity contribution in [3.05, 3.63) is 69.0 Å². The van der Waals surface area contributed by atoms with Gasteiger partial charge in [0.25, 0.3) is 0 Å². The summed E-state index contributed by atoms with van der Waals surface area (Å²) in [6.45, 7) is 0. The van der Waals surface area contributed by atoms with Crippen LogP contribution in [0.15, 0.2) is 68.3 Å². The quantitative estimate of drug-likeness (QED) is 0.735. The van der Waals surface area contributed by atoms with E-state index >= 15 is 0 Å². The third-order valence-corrected chi connectivity index (χ3v) is 6.02. The predicted octanol–water partition coefficient (Wildman–Crippen LogP) is 5.03. The molecule has 20 heavy (non-hydrogen) atoms. The van der Waals surface area contributed by atoms with Gasteiger partial charge in [-0.15, -0.1) is 0 Å². The smallest absolute Gasteiger partial charge is 0.218 e. The minimum absolute atomic E-state index is 0.00294. The second-order valence-electron chi connectivity index (χ2n) is 3.91. The van der Waals surface area contributed by atoms with Gasteiger partial charge in [-0.1, -0.05) is 69.5 Å². The molecule has 6 heteroatoms. The van der Waals surface area contributed by atoms with Gasteiger partial charge < -0.3 is 0 Å². The van der Waals surface area contributed by atoms with Crippen LogP contribution in [0.5, 0.6) is 0 Å². The minimum Gasteiger partial charge on any atom is -0.218 e. The summed E-state index contributed by atoms with van der Waals surface area (Å²) in [6, 6.07) is 14.9. The summed E-state index contributed by atoms with van der Waals surface area (Å²) in [5, 5.41) is -0.00294. The number of sulfone groups is 1. The van der Waals surface area contributed by atoms with Crippen LogP contribution in [0.25, 0.3) is 5.03 Å². The average Bonchev–Trinajstić information content (AvgIpc) is 2.46. The predicted molar refractivity (Wildman–Crippen MR) is 86.4 cm³/mol. The molecule has 2 aromatic rings. The normalized spacial score (nSPS) is 12.9. The first-order valence-corrected chi connectivity index (χ1v) is 8.57. The third kappa shape index (κ3) is 3.26. The van der Waals surface area contributed by atoms with Gasteiger partial charge in [-0.2, -0.15) is 0 Å². The van der Waals surface area contributed by atoms with Crippen molar-refractivity contribution >= 4 is 54.0 Å². The Kier molecular flexibility index (Phi) is 4.91. The van der Waals surface area contributed by atoms with Crippen molar-refractivity contribution < 1.29 is 8.42 Å². The number of halogens is 3. The molecule has 0 fully saturated rings. The summed E-state index contributed by atoms with van der Waals surface area (Å²) in [7, 11) is -3.80. The van der Waals surface area contributed by atoms with Crippen LogP contribution in [-0.4, -0.2) is 8.42 Å². The maximum atomic E-state index is 12.3. The highest BCUT2D eigenvalue weighted by Gasteiger charge is 2.22. The second kappa shape index (κ2) is 6.31. The van der Waals surface area contributed by atoms with E-state index in [1.54, 1.807) is 36.4 Å². The molecular weight excluding hydrogens is 383 g/mol. The van der Waals surface area contributed by atoms with Crippen LogP contribution < -0.4 is 0 Å². The monoisotopic (exact) mass is 390 g/mol. The molecule has 104 valence electrons. The highest BCUT2D eigenvalue weighted by atomic mass is 79.9. The molecule has 2 aromatic carbocycles. The molecule has 2 nitrogen and oxygen atoms in total. The summed E-state index contributed by atoms with van der Waals surface area (Å²) in [6.07, 6.45) is 0. The topological polar surface area (TPSA) is 34.1 Å². The Bertz CT molecular complexity index is 756. The van der Waals surface area contributed by atoms with E-state index in [4.69, 9.17) is 23.2 Å². The van der Waals surface area contributed by atoms with Crippen LogP contribution in [-0.2, 0) is 9.84 Å². The van der Waals surface area contributed by atoms with Gasteiger partial charge in [-0.25, -0.2) is 8.42 Å². The molecule has 0 atom stereocenters. The first-order chi connectivity index (χ1) is 9.43. The van der Waals surface area contributed by atoms with Gasteiger partial charge in [0.1, 0.15) is 0 Å². The zero-order valence-corrected chi connectivity index (χ0v) is 14.0. The lowest BCUT2D eigenvalue weighted by molar-refractivity contribution is 0.604. The van der Waals surface area contributed by atoms with Gasteiger partial charge in [-0.3, -0.25) is 0 Å². The Morgan fingerprint density at radius 1 is 0.950 bits per heavy atom. The molecule has 0 aliphatic carbocycles. The van der Waals surface area contributed by atoms with E-state index in [-0.39, 0.29) is 14.3 Å². The van der Waals surface area contributed by atoms with E-state index in [1.165, 1.54) is 12.1 Å². The molecule has 0 bridgehead atoms. The zero-order chi connectivity index (χ0) is 14.8. The summed E-state index contributed by atoms with van der Waals surface area (Å²) in [5.41, 5.74) is 0.533. The Balaban J connectivity index is 2.54. The molecule has 0 aliphatic rings. The molecule has 0 saturated heterocycles. The molecule has 0 aliphatic heterocycles. The van der Waals surface area contributed by atoms with E-state index in [1.807, 2.05) is 6.07 Å². The first-order valence-electron chi connectivity index (χ1n) is 5.54. The van der Waals surface area contributed by atoms with Crippen LogP contribution in [0.4, 0.5) is 0 Å². The molecule has 0 saturated carbocycles. The van der Waals surface area contributed by atoms with Crippen molar-refractivity contribution in [1.82, 2.24) is 0 Å². The van der Waals surface area contributed by atoms with Gasteiger partial charge >= 0.3 is 0 Å². The summed E-state index contributed by atoms with van der Waals surface area (Å²) in [4.78, 5) is 0.109. The number of hydrogen-bond acceptors (Lipinski definition) is 2. The van der Waals surface area contributed by atoms with Crippen molar-refractivity contribution in [3.63, 3.8) is 0 Å². The van der Waals surface area contributed by atoms with E-state index in [9.17, 15) is 8.42 Å². The standard InChI is InChI=1S/C14H9BrCl2O2S/c15-11-6-4-5-10(9-11)13(16)14(17)20(18,19)12-7-2-1-3-8-12/h1-9H/b14-13+. The SMILES string of the molecule is O=S(=O)(/C(Cl)=C(/Cl)c1cccc(Br)c1)c1ccccc1. The minimum atomic E-state index is -3.80. The van der Waals surface area contributed by atoms with Gasteiger partial charge in [0.05, 0.1) is 9.93 Å². The number of hydrogen-bond donors (Lipinski definition) is 0. The van der Waals surface area contributed by atoms with E-state index < -0.39 is 9.84 Å². The van der Waals surface area contributed by atoms with Gasteiger partial charge in [0.15, 0.2) is 4.36 Å². The lowest BCUT2D eigenvalue weighted by Crippen LogP contribution is -2.01. The largest absolute Gasteiger partial charge is 0.218 e. The van der Waals surface area contributed by atoms with Crippen LogP contribution in [0, 0.1) is 0 Å². The molecule has 0 N–H and O–H groups in total. The average molecular weight is 392 g/mol. The third-order valence-electron chi connectivity index (χ3n) is 2.54. The Hall–Kier alpha value is -0.810. The van der Waals surface area contributed by atoms with Gasteiger partial charge in [0, 0.05) is 4.47 Å². The number of rotatable bonds is 3. The van der Waals surface area contributed by atoms with Crippen LogP contribution in [0.1, 0.15) is 5.56 Å². The zero-order valence-electron chi connectivity index (χ0n) is 10.1. The van der Waals surface area contributed by atoms with Crippen molar-refractivity contribution in [2.75, 3.05) is 0 Å². The summed E-state index contributed by atoms with van der Waals surface area (Å²) in [5.74, 6) is 0. The van der Waals surface area contributed by atoms with E-state index in [0.717, 1.165) is 4.47 Å². The summed E-state index contributed by atoms with van der Waals surface area (Å²) >= 11 is 15.4. The molecule has 0 heterocycles. The summed E-state index contributed by atoms with van der Waals surface area (Å²) < 4.78 is 25.1. The Morgan fingerprint density at radius 3 is 2.20 bits per heavy atom. The Morgan fingerprint density at radius 2 is 1.60 bits per heavy atom. The van der Waals surface area contributed by atoms with Crippen LogP contribution in [0.2, 0.25) is 0 Å². The highest BCUT2D eigenvalue weighted by Crippen LogP contribution is 2.33. The van der Waals surface area contributed by atoms with Crippen molar-refractivity contribution in [2.45, 2.75) is 4.90 Å². The van der Waals surface area contributed by atoms with E-state index in [2.05, 4.69) is 15.9 Å².